The van der Waals surface area contributed by atoms with Gasteiger partial charge in [-0.3, -0.25) is 0 Å². The Morgan fingerprint density at radius 1 is 0.550 bits per heavy atom. The average Bonchev–Trinajstić information content (AvgIpc) is 2.86. The van der Waals surface area contributed by atoms with Crippen molar-refractivity contribution in [3.63, 3.8) is 0 Å². The van der Waals surface area contributed by atoms with Crippen molar-refractivity contribution in [3.05, 3.63) is 89.8 Å². The van der Waals surface area contributed by atoms with Crippen LogP contribution in [0.15, 0.2) is 66.7 Å². The topological polar surface area (TPSA) is 0 Å². The molecule has 0 amide bonds. The van der Waals surface area contributed by atoms with E-state index in [1.807, 2.05) is 0 Å². The first-order chi connectivity index (χ1) is 9.84. The number of fused-ring (bicyclic) bond motifs is 3. The highest BCUT2D eigenvalue weighted by atomic mass is 14.2. The Morgan fingerprint density at radius 2 is 1.15 bits per heavy atom. The largest absolute Gasteiger partial charge is 0.0620 e. The van der Waals surface area contributed by atoms with Crippen LogP contribution in [0.2, 0.25) is 0 Å². The van der Waals surface area contributed by atoms with Crippen LogP contribution in [0.5, 0.6) is 0 Å². The molecule has 1 aliphatic rings. The normalized spacial score (nSPS) is 12.1. The first-order valence-electron chi connectivity index (χ1n) is 6.98. The number of hydrogen-bond acceptors (Lipinski definition) is 0. The summed E-state index contributed by atoms with van der Waals surface area (Å²) in [5.41, 5.74) is 9.35. The molecule has 1 aliphatic carbocycles. The fourth-order valence-electron chi connectivity index (χ4n) is 3.09. The van der Waals surface area contributed by atoms with Crippen LogP contribution in [0.3, 0.4) is 0 Å². The smallest absolute Gasteiger partial charge is 0.0218 e. The quantitative estimate of drug-likeness (QED) is 0.436. The SMILES string of the molecule is Cc1ccccc1-c1cccc2c1[CH]c1ccccc1-2. The molecule has 20 heavy (non-hydrogen) atoms. The first-order valence-corrected chi connectivity index (χ1v) is 6.98. The molecule has 0 nitrogen and oxygen atoms in total. The van der Waals surface area contributed by atoms with Gasteiger partial charge in [0, 0.05) is 6.42 Å². The Balaban J connectivity index is 1.97. The molecule has 0 spiro atoms. The second-order valence-corrected chi connectivity index (χ2v) is 5.31. The van der Waals surface area contributed by atoms with Crippen molar-refractivity contribution in [1.29, 1.82) is 0 Å². The van der Waals surface area contributed by atoms with Gasteiger partial charge in [-0.15, -0.1) is 0 Å². The standard InChI is InChI=1S/C20H15/c1-14-7-2-4-9-16(14)18-11-6-12-19-17-10-5-3-8-15(17)13-20(18)19/h2-13H,1H3. The van der Waals surface area contributed by atoms with Gasteiger partial charge < -0.3 is 0 Å². The van der Waals surface area contributed by atoms with E-state index in [0.29, 0.717) is 0 Å². The second kappa shape index (κ2) is 4.35. The van der Waals surface area contributed by atoms with E-state index >= 15 is 0 Å². The van der Waals surface area contributed by atoms with Crippen molar-refractivity contribution in [3.8, 4) is 22.3 Å². The van der Waals surface area contributed by atoms with Crippen LogP contribution >= 0.6 is 0 Å². The fourth-order valence-corrected chi connectivity index (χ4v) is 3.09. The summed E-state index contributed by atoms with van der Waals surface area (Å²) in [5, 5.41) is 0. The van der Waals surface area contributed by atoms with Crippen LogP contribution in [-0.4, -0.2) is 0 Å². The Morgan fingerprint density at radius 3 is 1.95 bits per heavy atom. The molecule has 3 aromatic rings. The van der Waals surface area contributed by atoms with Crippen LogP contribution in [0.1, 0.15) is 16.7 Å². The lowest BCUT2D eigenvalue weighted by molar-refractivity contribution is 1.44. The Kier molecular flexibility index (Phi) is 2.50. The summed E-state index contributed by atoms with van der Waals surface area (Å²) in [4.78, 5) is 0. The van der Waals surface area contributed by atoms with Gasteiger partial charge >= 0.3 is 0 Å². The number of hydrogen-bond donors (Lipinski definition) is 0. The summed E-state index contributed by atoms with van der Waals surface area (Å²) in [5.74, 6) is 0. The van der Waals surface area contributed by atoms with Gasteiger partial charge in [0.25, 0.3) is 0 Å². The lowest BCUT2D eigenvalue weighted by atomic mass is 9.93. The summed E-state index contributed by atoms with van der Waals surface area (Å²) < 4.78 is 0. The zero-order chi connectivity index (χ0) is 13.5. The van der Waals surface area contributed by atoms with Gasteiger partial charge in [-0.05, 0) is 45.9 Å². The van der Waals surface area contributed by atoms with Gasteiger partial charge in [-0.1, -0.05) is 66.7 Å². The molecule has 1 radical (unpaired) electrons. The van der Waals surface area contributed by atoms with Crippen molar-refractivity contribution >= 4 is 0 Å². The molecule has 0 bridgehead atoms. The van der Waals surface area contributed by atoms with Crippen LogP contribution in [0.25, 0.3) is 22.3 Å². The minimum Gasteiger partial charge on any atom is -0.0620 e. The summed E-state index contributed by atoms with van der Waals surface area (Å²) in [6.07, 6.45) is 2.31. The molecule has 0 saturated carbocycles. The maximum atomic E-state index is 2.31. The minimum absolute atomic E-state index is 1.32. The van der Waals surface area contributed by atoms with Crippen molar-refractivity contribution in [2.24, 2.45) is 0 Å². The molecule has 0 unspecified atom stereocenters. The Bertz CT molecular complexity index is 797. The summed E-state index contributed by atoms with van der Waals surface area (Å²) in [6.45, 7) is 2.18. The minimum atomic E-state index is 1.32. The number of rotatable bonds is 1. The van der Waals surface area contributed by atoms with Crippen molar-refractivity contribution in [2.45, 2.75) is 6.92 Å². The molecule has 0 fully saturated rings. The zero-order valence-electron chi connectivity index (χ0n) is 11.4. The van der Waals surface area contributed by atoms with Crippen LogP contribution < -0.4 is 0 Å². The van der Waals surface area contributed by atoms with E-state index in [1.165, 1.54) is 38.9 Å². The number of benzene rings is 3. The Labute approximate surface area is 119 Å². The van der Waals surface area contributed by atoms with E-state index in [0.717, 1.165) is 0 Å². The van der Waals surface area contributed by atoms with E-state index in [1.54, 1.807) is 0 Å². The first kappa shape index (κ1) is 11.5. The van der Waals surface area contributed by atoms with Gasteiger partial charge in [0.15, 0.2) is 0 Å². The molecule has 0 atom stereocenters. The molecule has 95 valence electrons. The van der Waals surface area contributed by atoms with Gasteiger partial charge in [0.1, 0.15) is 0 Å². The summed E-state index contributed by atoms with van der Waals surface area (Å²) in [6, 6.07) is 23.8. The highest BCUT2D eigenvalue weighted by Crippen LogP contribution is 2.42. The molecule has 0 saturated heterocycles. The number of aryl methyl sites for hydroxylation is 1. The third-order valence-corrected chi connectivity index (χ3v) is 4.09. The highest BCUT2D eigenvalue weighted by Gasteiger charge is 2.21. The molecular weight excluding hydrogens is 240 g/mol. The lowest BCUT2D eigenvalue weighted by Crippen LogP contribution is -1.88. The van der Waals surface area contributed by atoms with Crippen LogP contribution in [0, 0.1) is 13.3 Å². The van der Waals surface area contributed by atoms with Gasteiger partial charge in [0.05, 0.1) is 0 Å². The third-order valence-electron chi connectivity index (χ3n) is 4.09. The lowest BCUT2D eigenvalue weighted by Gasteiger charge is -2.11. The monoisotopic (exact) mass is 255 g/mol. The molecule has 4 rings (SSSR count). The summed E-state index contributed by atoms with van der Waals surface area (Å²) in [7, 11) is 0. The molecule has 0 heterocycles. The van der Waals surface area contributed by atoms with Crippen molar-refractivity contribution in [1.82, 2.24) is 0 Å². The van der Waals surface area contributed by atoms with E-state index in [2.05, 4.69) is 80.1 Å². The van der Waals surface area contributed by atoms with Crippen molar-refractivity contribution in [2.75, 3.05) is 0 Å². The maximum absolute atomic E-state index is 2.31. The molecule has 0 aliphatic heterocycles. The van der Waals surface area contributed by atoms with E-state index in [9.17, 15) is 0 Å². The molecular formula is C20H15. The third kappa shape index (κ3) is 1.61. The van der Waals surface area contributed by atoms with Gasteiger partial charge in [0.2, 0.25) is 0 Å². The maximum Gasteiger partial charge on any atom is 0.0218 e. The Hall–Kier alpha value is -2.34. The molecule has 0 N–H and O–H groups in total. The van der Waals surface area contributed by atoms with E-state index in [4.69, 9.17) is 0 Å². The molecule has 0 heteroatoms. The van der Waals surface area contributed by atoms with E-state index in [-0.39, 0.29) is 0 Å². The fraction of sp³-hybridized carbons (Fsp3) is 0.0500. The predicted molar refractivity (Wildman–Crippen MR) is 84.6 cm³/mol. The van der Waals surface area contributed by atoms with E-state index < -0.39 is 0 Å². The summed E-state index contributed by atoms with van der Waals surface area (Å²) >= 11 is 0. The predicted octanol–water partition coefficient (Wildman–Crippen LogP) is 5.24. The van der Waals surface area contributed by atoms with Crippen molar-refractivity contribution < 1.29 is 0 Å². The highest BCUT2D eigenvalue weighted by molar-refractivity contribution is 5.89. The second-order valence-electron chi connectivity index (χ2n) is 5.31. The van der Waals surface area contributed by atoms with Gasteiger partial charge in [-0.25, -0.2) is 0 Å². The van der Waals surface area contributed by atoms with Crippen LogP contribution in [0.4, 0.5) is 0 Å². The van der Waals surface area contributed by atoms with Crippen LogP contribution in [-0.2, 0) is 0 Å². The van der Waals surface area contributed by atoms with Gasteiger partial charge in [-0.2, -0.15) is 0 Å². The zero-order valence-corrected chi connectivity index (χ0v) is 11.4. The molecule has 0 aromatic heterocycles. The molecule has 3 aromatic carbocycles. The average molecular weight is 255 g/mol.